The Hall–Kier alpha value is -1.60. The summed E-state index contributed by atoms with van der Waals surface area (Å²) in [6.45, 7) is 5.94. The van der Waals surface area contributed by atoms with Crippen molar-refractivity contribution in [2.45, 2.75) is 69.5 Å². The Morgan fingerprint density at radius 2 is 1.83 bits per heavy atom. The number of thiophene rings is 1. The van der Waals surface area contributed by atoms with Gasteiger partial charge in [-0.05, 0) is 44.1 Å². The topological polar surface area (TPSA) is 55.2 Å². The molecule has 3 heterocycles. The lowest BCUT2D eigenvalue weighted by Crippen LogP contribution is -2.35. The summed E-state index contributed by atoms with van der Waals surface area (Å²) in [6.07, 6.45) is 11.9. The van der Waals surface area contributed by atoms with E-state index in [1.54, 1.807) is 22.0 Å². The van der Waals surface area contributed by atoms with Crippen molar-refractivity contribution in [3.63, 3.8) is 0 Å². The number of thioether (sulfide) groups is 1. The minimum atomic E-state index is 0.0236. The van der Waals surface area contributed by atoms with E-state index in [0.29, 0.717) is 17.5 Å². The number of allylic oxidation sites excluding steroid dienone is 1. The van der Waals surface area contributed by atoms with Gasteiger partial charge in [0.05, 0.1) is 11.1 Å². The summed E-state index contributed by atoms with van der Waals surface area (Å²) in [6, 6.07) is 0. The molecule has 1 aliphatic heterocycles. The van der Waals surface area contributed by atoms with Crippen molar-refractivity contribution in [3.05, 3.63) is 33.4 Å². The molecule has 7 heteroatoms. The third kappa shape index (κ3) is 4.45. The van der Waals surface area contributed by atoms with E-state index in [2.05, 4.69) is 6.58 Å². The Balaban J connectivity index is 1.59. The average molecular weight is 432 g/mol. The lowest BCUT2D eigenvalue weighted by atomic mass is 9.97. The summed E-state index contributed by atoms with van der Waals surface area (Å²) < 4.78 is 1.70. The van der Waals surface area contributed by atoms with Gasteiger partial charge in [-0.15, -0.1) is 17.9 Å². The van der Waals surface area contributed by atoms with E-state index in [0.717, 1.165) is 55.4 Å². The van der Waals surface area contributed by atoms with Crippen LogP contribution >= 0.6 is 23.1 Å². The summed E-state index contributed by atoms with van der Waals surface area (Å²) >= 11 is 3.06. The fourth-order valence-corrected chi connectivity index (χ4v) is 6.55. The van der Waals surface area contributed by atoms with Crippen LogP contribution in [0.1, 0.15) is 55.4 Å². The molecule has 4 rings (SSSR count). The van der Waals surface area contributed by atoms with Gasteiger partial charge in [0.25, 0.3) is 5.56 Å². The summed E-state index contributed by atoms with van der Waals surface area (Å²) in [7, 11) is 0. The predicted molar refractivity (Wildman–Crippen MR) is 121 cm³/mol. The molecule has 0 unspecified atom stereocenters. The zero-order chi connectivity index (χ0) is 20.2. The molecule has 1 aliphatic carbocycles. The molecule has 1 amide bonds. The molecule has 0 radical (unpaired) electrons. The molecule has 2 aromatic heterocycles. The molecule has 0 saturated carbocycles. The van der Waals surface area contributed by atoms with Crippen LogP contribution in [-0.4, -0.2) is 39.2 Å². The third-order valence-electron chi connectivity index (χ3n) is 5.89. The van der Waals surface area contributed by atoms with Gasteiger partial charge in [-0.3, -0.25) is 14.2 Å². The highest BCUT2D eigenvalue weighted by Gasteiger charge is 2.23. The molecule has 1 saturated heterocycles. The Kier molecular flexibility index (Phi) is 6.75. The summed E-state index contributed by atoms with van der Waals surface area (Å²) in [5, 5.41) is 1.44. The van der Waals surface area contributed by atoms with Crippen molar-refractivity contribution in [2.75, 3.05) is 18.8 Å². The van der Waals surface area contributed by atoms with Crippen LogP contribution < -0.4 is 5.56 Å². The maximum Gasteiger partial charge on any atom is 0.263 e. The Bertz CT molecular complexity index is 955. The van der Waals surface area contributed by atoms with E-state index in [4.69, 9.17) is 4.98 Å². The van der Waals surface area contributed by atoms with E-state index in [1.165, 1.54) is 47.9 Å². The summed E-state index contributed by atoms with van der Waals surface area (Å²) in [5.41, 5.74) is 1.23. The Labute approximate surface area is 180 Å². The zero-order valence-corrected chi connectivity index (χ0v) is 18.6. The molecule has 2 aromatic rings. The van der Waals surface area contributed by atoms with E-state index in [1.807, 2.05) is 4.90 Å². The minimum absolute atomic E-state index is 0.0236. The minimum Gasteiger partial charge on any atom is -0.342 e. The van der Waals surface area contributed by atoms with Crippen molar-refractivity contribution >= 4 is 39.2 Å². The van der Waals surface area contributed by atoms with Gasteiger partial charge in [0, 0.05) is 24.5 Å². The molecule has 5 nitrogen and oxygen atoms in total. The van der Waals surface area contributed by atoms with Crippen LogP contribution in [0.5, 0.6) is 0 Å². The second-order valence-electron chi connectivity index (χ2n) is 7.93. The first-order valence-corrected chi connectivity index (χ1v) is 12.6. The van der Waals surface area contributed by atoms with Gasteiger partial charge in [0.1, 0.15) is 4.83 Å². The molecule has 0 spiro atoms. The number of carbonyl (C=O) groups excluding carboxylic acids is 1. The monoisotopic (exact) mass is 431 g/mol. The van der Waals surface area contributed by atoms with Gasteiger partial charge in [-0.2, -0.15) is 0 Å². The van der Waals surface area contributed by atoms with Crippen molar-refractivity contribution in [3.8, 4) is 0 Å². The average Bonchev–Trinajstić information content (AvgIpc) is 3.07. The van der Waals surface area contributed by atoms with Gasteiger partial charge >= 0.3 is 0 Å². The third-order valence-corrected chi connectivity index (χ3v) is 8.03. The smallest absolute Gasteiger partial charge is 0.263 e. The summed E-state index contributed by atoms with van der Waals surface area (Å²) in [5.74, 6) is 0.488. The van der Waals surface area contributed by atoms with Crippen LogP contribution in [0, 0.1) is 0 Å². The van der Waals surface area contributed by atoms with Crippen LogP contribution in [0.3, 0.4) is 0 Å². The van der Waals surface area contributed by atoms with E-state index in [-0.39, 0.29) is 11.5 Å². The number of rotatable bonds is 5. The van der Waals surface area contributed by atoms with Gasteiger partial charge in [-0.25, -0.2) is 4.98 Å². The fraction of sp³-hybridized carbons (Fsp3) is 0.591. The highest BCUT2D eigenvalue weighted by atomic mass is 32.2. The van der Waals surface area contributed by atoms with Gasteiger partial charge in [0.2, 0.25) is 5.91 Å². The standard InChI is InChI=1S/C22H29N3O2S2/c1-2-12-25-21(27)19-16-10-6-7-11-17(16)29-20(19)23-22(25)28-15-18(26)24-13-8-4-3-5-9-14-24/h2H,1,3-15H2. The Morgan fingerprint density at radius 1 is 1.10 bits per heavy atom. The number of aryl methyl sites for hydroxylation is 2. The van der Waals surface area contributed by atoms with Crippen molar-refractivity contribution < 1.29 is 4.79 Å². The number of likely N-dealkylation sites (tertiary alicyclic amines) is 1. The lowest BCUT2D eigenvalue weighted by Gasteiger charge is -2.24. The molecule has 1 fully saturated rings. The number of hydrogen-bond acceptors (Lipinski definition) is 5. The van der Waals surface area contributed by atoms with Gasteiger partial charge < -0.3 is 4.90 Å². The van der Waals surface area contributed by atoms with Crippen molar-refractivity contribution in [1.82, 2.24) is 14.5 Å². The first kappa shape index (κ1) is 20.7. The highest BCUT2D eigenvalue weighted by molar-refractivity contribution is 7.99. The molecule has 0 N–H and O–H groups in total. The number of aromatic nitrogens is 2. The molecule has 0 aromatic carbocycles. The number of amides is 1. The fourth-order valence-electron chi connectivity index (χ4n) is 4.33. The van der Waals surface area contributed by atoms with E-state index < -0.39 is 0 Å². The van der Waals surface area contributed by atoms with E-state index in [9.17, 15) is 9.59 Å². The normalized spacial score (nSPS) is 17.6. The van der Waals surface area contributed by atoms with Crippen molar-refractivity contribution in [1.29, 1.82) is 0 Å². The first-order chi connectivity index (χ1) is 14.2. The molecule has 156 valence electrons. The number of nitrogens with zero attached hydrogens (tertiary/aromatic N) is 3. The number of carbonyl (C=O) groups is 1. The predicted octanol–water partition coefficient (Wildman–Crippen LogP) is 4.41. The maximum atomic E-state index is 13.3. The first-order valence-electron chi connectivity index (χ1n) is 10.8. The van der Waals surface area contributed by atoms with Crippen LogP contribution in [0.4, 0.5) is 0 Å². The second kappa shape index (κ2) is 9.47. The SMILES string of the molecule is C=CCn1c(SCC(=O)N2CCCCCCC2)nc2sc3c(c2c1=O)CCCC3. The lowest BCUT2D eigenvalue weighted by molar-refractivity contribution is -0.128. The largest absolute Gasteiger partial charge is 0.342 e. The molecule has 0 atom stereocenters. The number of hydrogen-bond donors (Lipinski definition) is 0. The van der Waals surface area contributed by atoms with Gasteiger partial charge in [0.15, 0.2) is 5.16 Å². The van der Waals surface area contributed by atoms with Crippen LogP contribution in [0.25, 0.3) is 10.2 Å². The van der Waals surface area contributed by atoms with Crippen molar-refractivity contribution in [2.24, 2.45) is 0 Å². The molecular weight excluding hydrogens is 402 g/mol. The van der Waals surface area contributed by atoms with Crippen LogP contribution in [-0.2, 0) is 24.2 Å². The molecule has 29 heavy (non-hydrogen) atoms. The highest BCUT2D eigenvalue weighted by Crippen LogP contribution is 2.34. The molecular formula is C22H29N3O2S2. The zero-order valence-electron chi connectivity index (χ0n) is 17.0. The van der Waals surface area contributed by atoms with E-state index >= 15 is 0 Å². The van der Waals surface area contributed by atoms with Gasteiger partial charge in [-0.1, -0.05) is 37.1 Å². The summed E-state index contributed by atoms with van der Waals surface area (Å²) in [4.78, 5) is 35.0. The second-order valence-corrected chi connectivity index (χ2v) is 9.95. The molecule has 0 bridgehead atoms. The number of fused-ring (bicyclic) bond motifs is 3. The quantitative estimate of drug-likeness (QED) is 0.400. The van der Waals surface area contributed by atoms with Crippen LogP contribution in [0.15, 0.2) is 22.6 Å². The maximum absolute atomic E-state index is 13.3. The van der Waals surface area contributed by atoms with Crippen LogP contribution in [0.2, 0.25) is 0 Å². The molecule has 2 aliphatic rings. The Morgan fingerprint density at radius 3 is 2.59 bits per heavy atom.